The third-order valence-electron chi connectivity index (χ3n) is 3.89. The van der Waals surface area contributed by atoms with Gasteiger partial charge in [-0.05, 0) is 43.1 Å². The topological polar surface area (TPSA) is 97.5 Å². The summed E-state index contributed by atoms with van der Waals surface area (Å²) in [6.45, 7) is 2.59. The van der Waals surface area contributed by atoms with Crippen molar-refractivity contribution in [3.8, 4) is 0 Å². The zero-order chi connectivity index (χ0) is 14.8. The molecule has 0 bridgehead atoms. The molecule has 0 atom stereocenters. The fraction of sp³-hybridized carbons (Fsp3) is 0.692. The molecule has 0 amide bonds. The molecule has 1 heterocycles. The van der Waals surface area contributed by atoms with Crippen molar-refractivity contribution in [2.24, 2.45) is 5.92 Å². The monoisotopic (exact) mass is 299 g/mol. The van der Waals surface area contributed by atoms with Crippen LogP contribution in [-0.4, -0.2) is 34.7 Å². The maximum absolute atomic E-state index is 11.7. The summed E-state index contributed by atoms with van der Waals surface area (Å²) in [5, 5.41) is 14.2. The number of carbonyl (C=O) groups excluding carboxylic acids is 1. The van der Waals surface area contributed by atoms with Gasteiger partial charge in [0.15, 0.2) is 5.82 Å². The second kappa shape index (κ2) is 5.97. The standard InChI is InChI=1S/C13H21N3O3S/c1-8-3-5-13(18,6-4-8)7-15-11-9(12(17)19-2)10(14)16-20-11/h8,15,18H,3-7H2,1-2H3,(H2,14,16). The summed E-state index contributed by atoms with van der Waals surface area (Å²) in [4.78, 5) is 11.7. The number of anilines is 2. The molecule has 0 spiro atoms. The van der Waals surface area contributed by atoms with E-state index in [9.17, 15) is 9.90 Å². The van der Waals surface area contributed by atoms with Crippen molar-refractivity contribution in [1.29, 1.82) is 0 Å². The molecule has 1 aromatic rings. The highest BCUT2D eigenvalue weighted by Gasteiger charge is 2.32. The normalized spacial score (nSPS) is 26.2. The van der Waals surface area contributed by atoms with Crippen molar-refractivity contribution in [3.63, 3.8) is 0 Å². The molecule has 4 N–H and O–H groups in total. The van der Waals surface area contributed by atoms with Crippen LogP contribution in [0, 0.1) is 5.92 Å². The molecule has 20 heavy (non-hydrogen) atoms. The zero-order valence-corrected chi connectivity index (χ0v) is 12.6. The number of carbonyl (C=O) groups is 1. The van der Waals surface area contributed by atoms with Gasteiger partial charge in [-0.3, -0.25) is 0 Å². The predicted molar refractivity (Wildman–Crippen MR) is 78.9 cm³/mol. The minimum absolute atomic E-state index is 0.161. The maximum atomic E-state index is 11.7. The number of hydrogen-bond donors (Lipinski definition) is 3. The highest BCUT2D eigenvalue weighted by molar-refractivity contribution is 7.11. The van der Waals surface area contributed by atoms with Crippen LogP contribution >= 0.6 is 11.5 Å². The Labute approximate surface area is 122 Å². The van der Waals surface area contributed by atoms with Gasteiger partial charge in [-0.2, -0.15) is 4.37 Å². The molecule has 6 nitrogen and oxygen atoms in total. The van der Waals surface area contributed by atoms with E-state index in [0.717, 1.165) is 37.2 Å². The lowest BCUT2D eigenvalue weighted by Gasteiger charge is -2.35. The first-order valence-electron chi connectivity index (χ1n) is 6.75. The Hall–Kier alpha value is -1.34. The van der Waals surface area contributed by atoms with Crippen molar-refractivity contribution in [1.82, 2.24) is 4.37 Å². The van der Waals surface area contributed by atoms with E-state index >= 15 is 0 Å². The minimum atomic E-state index is -0.724. The van der Waals surface area contributed by atoms with E-state index in [-0.39, 0.29) is 11.4 Å². The summed E-state index contributed by atoms with van der Waals surface area (Å²) in [5.74, 6) is 0.316. The van der Waals surface area contributed by atoms with Gasteiger partial charge in [0.25, 0.3) is 0 Å². The number of aromatic nitrogens is 1. The Bertz CT molecular complexity index is 481. The summed E-state index contributed by atoms with van der Waals surface area (Å²) in [7, 11) is 1.30. The number of nitrogens with two attached hydrogens (primary N) is 1. The quantitative estimate of drug-likeness (QED) is 0.734. The van der Waals surface area contributed by atoms with Gasteiger partial charge in [-0.15, -0.1) is 0 Å². The lowest BCUT2D eigenvalue weighted by molar-refractivity contribution is 0.00502. The number of nitrogens with one attached hydrogen (secondary N) is 1. The summed E-state index contributed by atoms with van der Waals surface area (Å²) >= 11 is 1.11. The van der Waals surface area contributed by atoms with Gasteiger partial charge in [-0.25, -0.2) is 4.79 Å². The van der Waals surface area contributed by atoms with E-state index in [0.29, 0.717) is 17.5 Å². The van der Waals surface area contributed by atoms with Crippen LogP contribution in [0.5, 0.6) is 0 Å². The van der Waals surface area contributed by atoms with E-state index < -0.39 is 11.6 Å². The fourth-order valence-electron chi connectivity index (χ4n) is 2.44. The van der Waals surface area contributed by atoms with E-state index in [1.165, 1.54) is 7.11 Å². The highest BCUT2D eigenvalue weighted by atomic mass is 32.1. The number of esters is 1. The molecule has 0 unspecified atom stereocenters. The molecule has 1 aliphatic carbocycles. The van der Waals surface area contributed by atoms with Crippen molar-refractivity contribution < 1.29 is 14.6 Å². The van der Waals surface area contributed by atoms with E-state index in [1.807, 2.05) is 0 Å². The van der Waals surface area contributed by atoms with E-state index in [4.69, 9.17) is 10.5 Å². The molecule has 0 aliphatic heterocycles. The number of hydrogen-bond acceptors (Lipinski definition) is 7. The number of rotatable bonds is 4. The second-order valence-corrected chi connectivity index (χ2v) is 6.30. The van der Waals surface area contributed by atoms with Crippen LogP contribution in [0.1, 0.15) is 43.0 Å². The molecule has 112 valence electrons. The van der Waals surface area contributed by atoms with Crippen molar-refractivity contribution in [3.05, 3.63) is 5.56 Å². The summed E-state index contributed by atoms with van der Waals surface area (Å²) < 4.78 is 8.65. The maximum Gasteiger partial charge on any atom is 0.344 e. The Balaban J connectivity index is 2.02. The Morgan fingerprint density at radius 2 is 2.25 bits per heavy atom. The van der Waals surface area contributed by atoms with Crippen molar-refractivity contribution in [2.75, 3.05) is 24.7 Å². The van der Waals surface area contributed by atoms with Crippen LogP contribution in [0.2, 0.25) is 0 Å². The predicted octanol–water partition coefficient (Wildman–Crippen LogP) is 1.86. The number of nitrogens with zero attached hydrogens (tertiary/aromatic N) is 1. The molecule has 2 rings (SSSR count). The molecular formula is C13H21N3O3S. The average Bonchev–Trinajstić information content (AvgIpc) is 2.81. The molecule has 7 heteroatoms. The van der Waals surface area contributed by atoms with Crippen LogP contribution in [-0.2, 0) is 4.74 Å². The van der Waals surface area contributed by atoms with Crippen LogP contribution in [0.4, 0.5) is 10.8 Å². The van der Waals surface area contributed by atoms with Gasteiger partial charge in [0.1, 0.15) is 10.6 Å². The number of nitrogen functional groups attached to an aromatic ring is 1. The molecule has 1 aromatic heterocycles. The van der Waals surface area contributed by atoms with Gasteiger partial charge < -0.3 is 20.9 Å². The number of ether oxygens (including phenoxy) is 1. The summed E-state index contributed by atoms with van der Waals surface area (Å²) in [6.07, 6.45) is 3.58. The molecule has 0 aromatic carbocycles. The molecule has 0 radical (unpaired) electrons. The summed E-state index contributed by atoms with van der Waals surface area (Å²) in [5.41, 5.74) is 5.21. The minimum Gasteiger partial charge on any atom is -0.465 e. The van der Waals surface area contributed by atoms with Crippen molar-refractivity contribution in [2.45, 2.75) is 38.2 Å². The van der Waals surface area contributed by atoms with Crippen molar-refractivity contribution >= 4 is 28.3 Å². The van der Waals surface area contributed by atoms with Crippen LogP contribution in [0.3, 0.4) is 0 Å². The van der Waals surface area contributed by atoms with E-state index in [2.05, 4.69) is 16.6 Å². The van der Waals surface area contributed by atoms with Crippen LogP contribution in [0.25, 0.3) is 0 Å². The number of methoxy groups -OCH3 is 1. The Morgan fingerprint density at radius 3 is 2.85 bits per heavy atom. The largest absolute Gasteiger partial charge is 0.465 e. The molecular weight excluding hydrogens is 278 g/mol. The van der Waals surface area contributed by atoms with E-state index in [1.54, 1.807) is 0 Å². The van der Waals surface area contributed by atoms with Crippen LogP contribution < -0.4 is 11.1 Å². The van der Waals surface area contributed by atoms with Crippen LogP contribution in [0.15, 0.2) is 0 Å². The first-order valence-corrected chi connectivity index (χ1v) is 7.52. The Morgan fingerprint density at radius 1 is 1.60 bits per heavy atom. The highest BCUT2D eigenvalue weighted by Crippen LogP contribution is 2.33. The molecule has 1 fully saturated rings. The zero-order valence-electron chi connectivity index (χ0n) is 11.8. The smallest absolute Gasteiger partial charge is 0.344 e. The molecule has 1 saturated carbocycles. The number of aliphatic hydroxyl groups is 1. The summed E-state index contributed by atoms with van der Waals surface area (Å²) in [6, 6.07) is 0. The lowest BCUT2D eigenvalue weighted by Crippen LogP contribution is -2.40. The Kier molecular flexibility index (Phi) is 4.49. The molecule has 0 saturated heterocycles. The fourth-order valence-corrected chi connectivity index (χ4v) is 3.14. The second-order valence-electron chi connectivity index (χ2n) is 5.52. The van der Waals surface area contributed by atoms with Gasteiger partial charge in [-0.1, -0.05) is 6.92 Å². The van der Waals surface area contributed by atoms with Gasteiger partial charge in [0.05, 0.1) is 12.7 Å². The first-order chi connectivity index (χ1) is 9.45. The lowest BCUT2D eigenvalue weighted by atomic mass is 9.79. The van der Waals surface area contributed by atoms with Gasteiger partial charge in [0, 0.05) is 6.54 Å². The SMILES string of the molecule is COC(=O)c1c(N)nsc1NCC1(O)CCC(C)CC1. The average molecular weight is 299 g/mol. The molecule has 1 aliphatic rings. The first kappa shape index (κ1) is 15.1. The third-order valence-corrected chi connectivity index (χ3v) is 4.71. The van der Waals surface area contributed by atoms with Gasteiger partial charge >= 0.3 is 5.97 Å². The third kappa shape index (κ3) is 3.21. The van der Waals surface area contributed by atoms with Gasteiger partial charge in [0.2, 0.25) is 0 Å².